The highest BCUT2D eigenvalue weighted by Gasteiger charge is 2.04. The molecule has 3 aromatic rings. The van der Waals surface area contributed by atoms with Gasteiger partial charge in [-0.1, -0.05) is 18.2 Å². The molecule has 0 aliphatic heterocycles. The Kier molecular flexibility index (Phi) is 3.02. The number of rotatable bonds is 4. The van der Waals surface area contributed by atoms with Crippen LogP contribution in [0.5, 0.6) is 5.75 Å². The lowest BCUT2D eigenvalue weighted by Crippen LogP contribution is -2.01. The van der Waals surface area contributed by atoms with E-state index in [4.69, 9.17) is 4.74 Å². The molecular weight excluding hydrogens is 240 g/mol. The lowest BCUT2D eigenvalue weighted by molar-refractivity contribution is 0.419. The minimum Gasteiger partial charge on any atom is -0.494 e. The van der Waals surface area contributed by atoms with E-state index in [0.717, 1.165) is 28.0 Å². The first-order valence-corrected chi connectivity index (χ1v) is 6.02. The van der Waals surface area contributed by atoms with Crippen LogP contribution >= 0.6 is 0 Å². The molecule has 0 bridgehead atoms. The standard InChI is InChI=1S/C14H14N4O/c1-19-13-4-2-3-10-5-6-11(18-14(10)13)7-15-12-8-16-17-9-12/h2-6,8-9,15H,7H2,1H3,(H,16,17). The summed E-state index contributed by atoms with van der Waals surface area (Å²) in [5, 5.41) is 11.0. The summed E-state index contributed by atoms with van der Waals surface area (Å²) in [5.41, 5.74) is 2.79. The maximum absolute atomic E-state index is 5.33. The Morgan fingerprint density at radius 1 is 1.26 bits per heavy atom. The Labute approximate surface area is 110 Å². The van der Waals surface area contributed by atoms with Gasteiger partial charge in [-0.2, -0.15) is 5.10 Å². The summed E-state index contributed by atoms with van der Waals surface area (Å²) in [7, 11) is 1.66. The molecule has 0 aliphatic rings. The third-order valence-corrected chi connectivity index (χ3v) is 2.93. The van der Waals surface area contributed by atoms with Gasteiger partial charge in [0, 0.05) is 11.6 Å². The van der Waals surface area contributed by atoms with Crippen molar-refractivity contribution in [1.82, 2.24) is 15.2 Å². The molecule has 0 saturated carbocycles. The van der Waals surface area contributed by atoms with Gasteiger partial charge in [-0.15, -0.1) is 0 Å². The molecule has 0 atom stereocenters. The zero-order valence-electron chi connectivity index (χ0n) is 10.6. The van der Waals surface area contributed by atoms with Crippen LogP contribution in [-0.2, 0) is 6.54 Å². The molecule has 2 aromatic heterocycles. The molecule has 0 fully saturated rings. The smallest absolute Gasteiger partial charge is 0.145 e. The molecule has 0 spiro atoms. The number of ether oxygens (including phenoxy) is 1. The van der Waals surface area contributed by atoms with Crippen LogP contribution in [0.25, 0.3) is 10.9 Å². The molecule has 2 N–H and O–H groups in total. The second kappa shape index (κ2) is 4.97. The minimum atomic E-state index is 0.646. The monoisotopic (exact) mass is 254 g/mol. The van der Waals surface area contributed by atoms with Crippen LogP contribution in [0.3, 0.4) is 0 Å². The molecule has 0 aliphatic carbocycles. The molecule has 1 aromatic carbocycles. The second-order valence-corrected chi connectivity index (χ2v) is 4.18. The van der Waals surface area contributed by atoms with Crippen molar-refractivity contribution in [3.63, 3.8) is 0 Å². The van der Waals surface area contributed by atoms with Gasteiger partial charge >= 0.3 is 0 Å². The van der Waals surface area contributed by atoms with Gasteiger partial charge in [0.25, 0.3) is 0 Å². The Balaban J connectivity index is 1.88. The summed E-state index contributed by atoms with van der Waals surface area (Å²) >= 11 is 0. The number of benzene rings is 1. The zero-order valence-corrected chi connectivity index (χ0v) is 10.6. The summed E-state index contributed by atoms with van der Waals surface area (Å²) in [6.45, 7) is 0.646. The fraction of sp³-hybridized carbons (Fsp3) is 0.143. The molecule has 0 unspecified atom stereocenters. The van der Waals surface area contributed by atoms with E-state index >= 15 is 0 Å². The van der Waals surface area contributed by atoms with Gasteiger partial charge in [0.15, 0.2) is 0 Å². The van der Waals surface area contributed by atoms with Gasteiger partial charge in [-0.3, -0.25) is 5.10 Å². The van der Waals surface area contributed by atoms with Crippen LogP contribution in [-0.4, -0.2) is 22.3 Å². The van der Waals surface area contributed by atoms with E-state index in [2.05, 4.69) is 26.6 Å². The highest BCUT2D eigenvalue weighted by Crippen LogP contribution is 2.23. The number of hydrogen-bond donors (Lipinski definition) is 2. The van der Waals surface area contributed by atoms with Crippen LogP contribution < -0.4 is 10.1 Å². The van der Waals surface area contributed by atoms with E-state index in [1.54, 1.807) is 13.3 Å². The van der Waals surface area contributed by atoms with Crippen molar-refractivity contribution < 1.29 is 4.74 Å². The van der Waals surface area contributed by atoms with Crippen LogP contribution in [0.1, 0.15) is 5.69 Å². The predicted molar refractivity (Wildman–Crippen MR) is 74.2 cm³/mol. The fourth-order valence-electron chi connectivity index (χ4n) is 1.96. The lowest BCUT2D eigenvalue weighted by atomic mass is 10.2. The highest BCUT2D eigenvalue weighted by molar-refractivity contribution is 5.84. The molecule has 5 nitrogen and oxygen atoms in total. The molecule has 19 heavy (non-hydrogen) atoms. The number of pyridine rings is 1. The first-order chi connectivity index (χ1) is 9.36. The van der Waals surface area contributed by atoms with Crippen molar-refractivity contribution in [2.75, 3.05) is 12.4 Å². The maximum Gasteiger partial charge on any atom is 0.145 e. The fourth-order valence-corrected chi connectivity index (χ4v) is 1.96. The minimum absolute atomic E-state index is 0.646. The quantitative estimate of drug-likeness (QED) is 0.751. The van der Waals surface area contributed by atoms with E-state index in [0.29, 0.717) is 6.54 Å². The van der Waals surface area contributed by atoms with Crippen LogP contribution in [0.2, 0.25) is 0 Å². The van der Waals surface area contributed by atoms with Crippen molar-refractivity contribution in [3.05, 3.63) is 48.4 Å². The van der Waals surface area contributed by atoms with E-state index < -0.39 is 0 Å². The topological polar surface area (TPSA) is 62.8 Å². The van der Waals surface area contributed by atoms with Gasteiger partial charge in [0.1, 0.15) is 11.3 Å². The Morgan fingerprint density at radius 2 is 2.21 bits per heavy atom. The second-order valence-electron chi connectivity index (χ2n) is 4.18. The third kappa shape index (κ3) is 2.35. The van der Waals surface area contributed by atoms with Crippen LogP contribution in [0.4, 0.5) is 5.69 Å². The summed E-state index contributed by atoms with van der Waals surface area (Å²) in [4.78, 5) is 4.63. The van der Waals surface area contributed by atoms with E-state index in [1.165, 1.54) is 0 Å². The van der Waals surface area contributed by atoms with E-state index in [-0.39, 0.29) is 0 Å². The number of anilines is 1. The number of nitrogens with one attached hydrogen (secondary N) is 2. The first-order valence-electron chi connectivity index (χ1n) is 6.02. The summed E-state index contributed by atoms with van der Waals surface area (Å²) in [6.07, 6.45) is 3.54. The van der Waals surface area contributed by atoms with Crippen LogP contribution in [0.15, 0.2) is 42.7 Å². The van der Waals surface area contributed by atoms with Crippen molar-refractivity contribution >= 4 is 16.6 Å². The van der Waals surface area contributed by atoms with Crippen molar-refractivity contribution in [1.29, 1.82) is 0 Å². The number of hydrogen-bond acceptors (Lipinski definition) is 4. The first kappa shape index (κ1) is 11.5. The van der Waals surface area contributed by atoms with E-state index in [9.17, 15) is 0 Å². The van der Waals surface area contributed by atoms with Crippen molar-refractivity contribution in [2.24, 2.45) is 0 Å². The van der Waals surface area contributed by atoms with Gasteiger partial charge < -0.3 is 10.1 Å². The summed E-state index contributed by atoms with van der Waals surface area (Å²) in [5.74, 6) is 0.794. The number of aromatic amines is 1. The van der Waals surface area contributed by atoms with Gasteiger partial charge in [0.05, 0.1) is 31.2 Å². The number of H-pyrrole nitrogens is 1. The SMILES string of the molecule is COc1cccc2ccc(CNc3cn[nH]c3)nc12. The molecule has 0 radical (unpaired) electrons. The molecule has 96 valence electrons. The highest BCUT2D eigenvalue weighted by atomic mass is 16.5. The van der Waals surface area contributed by atoms with Gasteiger partial charge in [-0.25, -0.2) is 4.98 Å². The molecule has 0 amide bonds. The third-order valence-electron chi connectivity index (χ3n) is 2.93. The van der Waals surface area contributed by atoms with Crippen molar-refractivity contribution in [2.45, 2.75) is 6.54 Å². The number of aromatic nitrogens is 3. The Morgan fingerprint density at radius 3 is 3.00 bits per heavy atom. The molecule has 3 rings (SSSR count). The lowest BCUT2D eigenvalue weighted by Gasteiger charge is -2.07. The molecule has 5 heteroatoms. The Bertz CT molecular complexity index is 679. The largest absolute Gasteiger partial charge is 0.494 e. The zero-order chi connectivity index (χ0) is 13.1. The average molecular weight is 254 g/mol. The van der Waals surface area contributed by atoms with E-state index in [1.807, 2.05) is 30.5 Å². The number of methoxy groups -OCH3 is 1. The normalized spacial score (nSPS) is 10.6. The molecule has 2 heterocycles. The van der Waals surface area contributed by atoms with Crippen molar-refractivity contribution in [3.8, 4) is 5.75 Å². The Hall–Kier alpha value is -2.56. The van der Waals surface area contributed by atoms with Gasteiger partial charge in [-0.05, 0) is 12.1 Å². The van der Waals surface area contributed by atoms with Gasteiger partial charge in [0.2, 0.25) is 0 Å². The average Bonchev–Trinajstić information content (AvgIpc) is 2.97. The maximum atomic E-state index is 5.33. The summed E-state index contributed by atoms with van der Waals surface area (Å²) in [6, 6.07) is 9.97. The molecule has 0 saturated heterocycles. The number of nitrogens with zero attached hydrogens (tertiary/aromatic N) is 2. The number of fused-ring (bicyclic) bond motifs is 1. The van der Waals surface area contributed by atoms with Crippen LogP contribution in [0, 0.1) is 0 Å². The molecular formula is C14H14N4O. The predicted octanol–water partition coefficient (Wildman–Crippen LogP) is 2.58. The summed E-state index contributed by atoms with van der Waals surface area (Å²) < 4.78 is 5.33. The number of para-hydroxylation sites is 1.